The molecule has 8 heteroatoms. The van der Waals surface area contributed by atoms with Crippen LogP contribution in [0.3, 0.4) is 0 Å². The van der Waals surface area contributed by atoms with Crippen molar-refractivity contribution in [2.24, 2.45) is 0 Å². The van der Waals surface area contributed by atoms with Crippen LogP contribution in [-0.2, 0) is 24.3 Å². The Balaban J connectivity index is 1.38. The van der Waals surface area contributed by atoms with Crippen molar-refractivity contribution in [3.05, 3.63) is 46.8 Å². The van der Waals surface area contributed by atoms with E-state index in [1.165, 1.54) is 0 Å². The van der Waals surface area contributed by atoms with E-state index in [-0.39, 0.29) is 11.8 Å². The van der Waals surface area contributed by atoms with E-state index in [2.05, 4.69) is 20.8 Å². The monoisotopic (exact) mass is 369 g/mol. The minimum absolute atomic E-state index is 0.0540. The van der Waals surface area contributed by atoms with E-state index < -0.39 is 6.04 Å². The number of hydrogen-bond acceptors (Lipinski definition) is 5. The van der Waals surface area contributed by atoms with Gasteiger partial charge in [0.1, 0.15) is 11.8 Å². The molecule has 0 bridgehead atoms. The molecule has 1 fully saturated rings. The van der Waals surface area contributed by atoms with Crippen LogP contribution in [0.4, 0.5) is 0 Å². The number of amides is 2. The van der Waals surface area contributed by atoms with Gasteiger partial charge in [-0.15, -0.1) is 0 Å². The number of benzene rings is 1. The van der Waals surface area contributed by atoms with Gasteiger partial charge in [-0.25, -0.2) is 0 Å². The van der Waals surface area contributed by atoms with Crippen molar-refractivity contribution in [2.45, 2.75) is 32.0 Å². The van der Waals surface area contributed by atoms with Gasteiger partial charge in [0, 0.05) is 43.9 Å². The number of methoxy groups -OCH3 is 1. The summed E-state index contributed by atoms with van der Waals surface area (Å²) < 4.78 is 5.15. The lowest BCUT2D eigenvalue weighted by Crippen LogP contribution is -2.42. The van der Waals surface area contributed by atoms with Gasteiger partial charge in [0.15, 0.2) is 5.69 Å². The van der Waals surface area contributed by atoms with Crippen LogP contribution in [0.5, 0.6) is 5.75 Å². The maximum Gasteiger partial charge on any atom is 0.272 e. The minimum atomic E-state index is -0.500. The zero-order valence-corrected chi connectivity index (χ0v) is 15.2. The van der Waals surface area contributed by atoms with Crippen LogP contribution < -0.4 is 15.4 Å². The number of nitrogens with one attached hydrogen (secondary N) is 3. The van der Waals surface area contributed by atoms with Gasteiger partial charge < -0.3 is 20.3 Å². The molecule has 142 valence electrons. The van der Waals surface area contributed by atoms with Crippen LogP contribution in [0.15, 0.2) is 24.3 Å². The number of H-pyrrole nitrogens is 1. The van der Waals surface area contributed by atoms with E-state index in [1.807, 2.05) is 24.3 Å². The number of nitrogens with zero attached hydrogens (tertiary/aromatic N) is 2. The Morgan fingerprint density at radius 2 is 2.19 bits per heavy atom. The van der Waals surface area contributed by atoms with Gasteiger partial charge in [-0.3, -0.25) is 14.7 Å². The Morgan fingerprint density at radius 3 is 2.96 bits per heavy atom. The first-order chi connectivity index (χ1) is 13.2. The SMILES string of the molecule is COc1ccc(CN2CCC(NC(=O)c3n[nH]c4c3CNCC4)C2=O)cc1. The molecule has 2 aromatic rings. The van der Waals surface area contributed by atoms with Crippen LogP contribution in [-0.4, -0.2) is 53.2 Å². The highest BCUT2D eigenvalue weighted by molar-refractivity contribution is 5.97. The number of likely N-dealkylation sites (tertiary alicyclic amines) is 1. The second kappa shape index (κ2) is 7.40. The summed E-state index contributed by atoms with van der Waals surface area (Å²) >= 11 is 0. The summed E-state index contributed by atoms with van der Waals surface area (Å²) in [7, 11) is 1.62. The van der Waals surface area contributed by atoms with Gasteiger partial charge in [-0.1, -0.05) is 12.1 Å². The largest absolute Gasteiger partial charge is 0.497 e. The molecule has 3 heterocycles. The molecule has 0 spiro atoms. The first-order valence-corrected chi connectivity index (χ1v) is 9.15. The molecule has 3 N–H and O–H groups in total. The van der Waals surface area contributed by atoms with Crippen molar-refractivity contribution in [1.82, 2.24) is 25.7 Å². The predicted molar refractivity (Wildman–Crippen MR) is 98.3 cm³/mol. The molecule has 0 radical (unpaired) electrons. The number of aromatic amines is 1. The zero-order chi connectivity index (χ0) is 18.8. The molecule has 2 amide bonds. The lowest BCUT2D eigenvalue weighted by atomic mass is 10.1. The quantitative estimate of drug-likeness (QED) is 0.717. The summed E-state index contributed by atoms with van der Waals surface area (Å²) in [5.74, 6) is 0.441. The molecule has 1 saturated heterocycles. The smallest absolute Gasteiger partial charge is 0.272 e. The van der Waals surface area contributed by atoms with E-state index >= 15 is 0 Å². The Kier molecular flexibility index (Phi) is 4.81. The fourth-order valence-corrected chi connectivity index (χ4v) is 3.62. The normalized spacial score (nSPS) is 19.1. The molecular weight excluding hydrogens is 346 g/mol. The molecule has 2 aliphatic heterocycles. The standard InChI is InChI=1S/C19H23N5O3/c1-27-13-4-2-12(3-5-13)11-24-9-7-16(19(24)26)21-18(25)17-14-10-20-8-6-15(14)22-23-17/h2-5,16,20H,6-11H2,1H3,(H,21,25)(H,22,23). The van der Waals surface area contributed by atoms with Gasteiger partial charge in [0.05, 0.1) is 7.11 Å². The van der Waals surface area contributed by atoms with Gasteiger partial charge >= 0.3 is 0 Å². The van der Waals surface area contributed by atoms with Crippen molar-refractivity contribution in [3.63, 3.8) is 0 Å². The van der Waals surface area contributed by atoms with E-state index in [1.54, 1.807) is 12.0 Å². The van der Waals surface area contributed by atoms with E-state index in [0.29, 0.717) is 31.7 Å². The van der Waals surface area contributed by atoms with E-state index in [9.17, 15) is 9.59 Å². The second-order valence-electron chi connectivity index (χ2n) is 6.88. The van der Waals surface area contributed by atoms with Crippen LogP contribution in [0, 0.1) is 0 Å². The molecular formula is C19H23N5O3. The summed E-state index contributed by atoms with van der Waals surface area (Å²) in [5, 5.41) is 13.2. The minimum Gasteiger partial charge on any atom is -0.497 e. The topological polar surface area (TPSA) is 99.3 Å². The van der Waals surface area contributed by atoms with Gasteiger partial charge in [-0.05, 0) is 24.1 Å². The first-order valence-electron chi connectivity index (χ1n) is 9.15. The third kappa shape index (κ3) is 3.52. The molecule has 1 aromatic heterocycles. The lowest BCUT2D eigenvalue weighted by molar-refractivity contribution is -0.129. The van der Waals surface area contributed by atoms with Crippen LogP contribution in [0.1, 0.15) is 33.7 Å². The number of hydrogen-bond donors (Lipinski definition) is 3. The van der Waals surface area contributed by atoms with Gasteiger partial charge in [0.25, 0.3) is 5.91 Å². The predicted octanol–water partition coefficient (Wildman–Crippen LogP) is 0.595. The average Bonchev–Trinajstić information content (AvgIpc) is 3.27. The lowest BCUT2D eigenvalue weighted by Gasteiger charge is -2.17. The third-order valence-corrected chi connectivity index (χ3v) is 5.16. The second-order valence-corrected chi connectivity index (χ2v) is 6.88. The number of ether oxygens (including phenoxy) is 1. The highest BCUT2D eigenvalue weighted by Crippen LogP contribution is 2.19. The van der Waals surface area contributed by atoms with Crippen LogP contribution >= 0.6 is 0 Å². The molecule has 0 saturated carbocycles. The van der Waals surface area contributed by atoms with Gasteiger partial charge in [0.2, 0.25) is 5.91 Å². The van der Waals surface area contributed by atoms with Crippen molar-refractivity contribution < 1.29 is 14.3 Å². The van der Waals surface area contributed by atoms with Crippen LogP contribution in [0.25, 0.3) is 0 Å². The van der Waals surface area contributed by atoms with Crippen LogP contribution in [0.2, 0.25) is 0 Å². The zero-order valence-electron chi connectivity index (χ0n) is 15.2. The first kappa shape index (κ1) is 17.5. The summed E-state index contributed by atoms with van der Waals surface area (Å²) in [6.45, 7) is 2.64. The fourth-order valence-electron chi connectivity index (χ4n) is 3.62. The molecule has 4 rings (SSSR count). The summed E-state index contributed by atoms with van der Waals surface area (Å²) in [5.41, 5.74) is 3.32. The number of carbonyl (C=O) groups excluding carboxylic acids is 2. The van der Waals surface area contributed by atoms with Crippen molar-refractivity contribution in [2.75, 3.05) is 20.2 Å². The Hall–Kier alpha value is -2.87. The van der Waals surface area contributed by atoms with Crippen molar-refractivity contribution in [3.8, 4) is 5.75 Å². The van der Waals surface area contributed by atoms with E-state index in [4.69, 9.17) is 4.74 Å². The molecule has 1 atom stereocenters. The maximum atomic E-state index is 12.7. The summed E-state index contributed by atoms with van der Waals surface area (Å²) in [6.07, 6.45) is 1.43. The number of aromatic nitrogens is 2. The highest BCUT2D eigenvalue weighted by atomic mass is 16.5. The fraction of sp³-hybridized carbons (Fsp3) is 0.421. The number of rotatable bonds is 5. The Labute approximate surface area is 157 Å². The summed E-state index contributed by atoms with van der Waals surface area (Å²) in [4.78, 5) is 27.1. The van der Waals surface area contributed by atoms with Gasteiger partial charge in [-0.2, -0.15) is 5.10 Å². The molecule has 2 aliphatic rings. The summed E-state index contributed by atoms with van der Waals surface area (Å²) in [6, 6.07) is 7.15. The molecule has 8 nitrogen and oxygen atoms in total. The highest BCUT2D eigenvalue weighted by Gasteiger charge is 2.34. The number of carbonyl (C=O) groups is 2. The Bertz CT molecular complexity index is 846. The molecule has 0 aliphatic carbocycles. The third-order valence-electron chi connectivity index (χ3n) is 5.16. The maximum absolute atomic E-state index is 12.7. The number of fused-ring (bicyclic) bond motifs is 1. The average molecular weight is 369 g/mol. The molecule has 1 unspecified atom stereocenters. The van der Waals surface area contributed by atoms with Crippen molar-refractivity contribution >= 4 is 11.8 Å². The van der Waals surface area contributed by atoms with Crippen molar-refractivity contribution in [1.29, 1.82) is 0 Å². The molecule has 1 aromatic carbocycles. The molecule has 27 heavy (non-hydrogen) atoms. The van der Waals surface area contributed by atoms with E-state index in [0.717, 1.165) is 35.5 Å². The Morgan fingerprint density at radius 1 is 1.37 bits per heavy atom.